The van der Waals surface area contributed by atoms with Gasteiger partial charge in [-0.25, -0.2) is 0 Å². The number of aromatic hydroxyl groups is 1. The van der Waals surface area contributed by atoms with E-state index in [9.17, 15) is 5.11 Å². The number of rotatable bonds is 3. The second kappa shape index (κ2) is 5.14. The summed E-state index contributed by atoms with van der Waals surface area (Å²) >= 11 is 4.70. The standard InChI is InChI=1S/C11H10N2O2S/c1-15-10-3-2-7(5-9(10)14)4-8(6-12)11(13)16/h2-5,14H,1H3,(H2,13,16)/b8-4-. The largest absolute Gasteiger partial charge is 0.504 e. The van der Waals surface area contributed by atoms with Crippen LogP contribution >= 0.6 is 12.2 Å². The lowest BCUT2D eigenvalue weighted by molar-refractivity contribution is 0.373. The highest BCUT2D eigenvalue weighted by Gasteiger charge is 2.03. The zero-order chi connectivity index (χ0) is 12.1. The molecule has 0 aromatic heterocycles. The Balaban J connectivity index is 3.12. The maximum absolute atomic E-state index is 9.51. The van der Waals surface area contributed by atoms with Crippen LogP contribution in [0.1, 0.15) is 5.56 Å². The number of hydrogen-bond donors (Lipinski definition) is 2. The Kier molecular flexibility index (Phi) is 3.86. The fourth-order valence-electron chi connectivity index (χ4n) is 1.12. The van der Waals surface area contributed by atoms with Crippen molar-refractivity contribution < 1.29 is 9.84 Å². The van der Waals surface area contributed by atoms with Gasteiger partial charge in [0.05, 0.1) is 12.7 Å². The van der Waals surface area contributed by atoms with Crippen LogP contribution in [0, 0.1) is 11.3 Å². The van der Waals surface area contributed by atoms with Crippen molar-refractivity contribution in [3.63, 3.8) is 0 Å². The van der Waals surface area contributed by atoms with Gasteiger partial charge in [-0.2, -0.15) is 5.26 Å². The Labute approximate surface area is 98.6 Å². The van der Waals surface area contributed by atoms with Crippen LogP contribution < -0.4 is 10.5 Å². The molecule has 4 nitrogen and oxygen atoms in total. The summed E-state index contributed by atoms with van der Waals surface area (Å²) in [4.78, 5) is 0.0257. The second-order valence-corrected chi connectivity index (χ2v) is 3.41. The highest BCUT2D eigenvalue weighted by Crippen LogP contribution is 2.27. The Bertz CT molecular complexity index is 489. The van der Waals surface area contributed by atoms with Crippen LogP contribution in [0.25, 0.3) is 6.08 Å². The molecule has 1 aromatic rings. The minimum Gasteiger partial charge on any atom is -0.504 e. The molecule has 0 unspecified atom stereocenters. The van der Waals surface area contributed by atoms with Crippen LogP contribution in [0.2, 0.25) is 0 Å². The van der Waals surface area contributed by atoms with Crippen LogP contribution in [0.4, 0.5) is 0 Å². The molecule has 0 bridgehead atoms. The molecule has 82 valence electrons. The van der Waals surface area contributed by atoms with Gasteiger partial charge in [-0.1, -0.05) is 18.3 Å². The third kappa shape index (κ3) is 2.72. The summed E-state index contributed by atoms with van der Waals surface area (Å²) in [5, 5.41) is 18.3. The van der Waals surface area contributed by atoms with Gasteiger partial charge in [-0.15, -0.1) is 0 Å². The summed E-state index contributed by atoms with van der Waals surface area (Å²) in [6.45, 7) is 0. The van der Waals surface area contributed by atoms with Gasteiger partial charge < -0.3 is 15.6 Å². The predicted octanol–water partition coefficient (Wildman–Crippen LogP) is 1.59. The number of nitriles is 1. The first kappa shape index (κ1) is 12.0. The Hall–Kier alpha value is -2.06. The van der Waals surface area contributed by atoms with Gasteiger partial charge in [-0.05, 0) is 23.8 Å². The van der Waals surface area contributed by atoms with Gasteiger partial charge in [0.25, 0.3) is 0 Å². The fraction of sp³-hybridized carbons (Fsp3) is 0.0909. The number of benzene rings is 1. The number of methoxy groups -OCH3 is 1. The molecule has 1 aromatic carbocycles. The van der Waals surface area contributed by atoms with E-state index in [1.54, 1.807) is 12.1 Å². The van der Waals surface area contributed by atoms with Gasteiger partial charge in [0.1, 0.15) is 11.1 Å². The molecule has 0 aliphatic carbocycles. The van der Waals surface area contributed by atoms with Crippen LogP contribution in [0.5, 0.6) is 11.5 Å². The van der Waals surface area contributed by atoms with E-state index in [2.05, 4.69) is 0 Å². The molecule has 3 N–H and O–H groups in total. The van der Waals surface area contributed by atoms with E-state index < -0.39 is 0 Å². The van der Waals surface area contributed by atoms with E-state index in [1.807, 2.05) is 6.07 Å². The smallest absolute Gasteiger partial charge is 0.160 e. The Morgan fingerprint density at radius 1 is 1.62 bits per heavy atom. The number of phenolic OH excluding ortho intramolecular Hbond substituents is 1. The van der Waals surface area contributed by atoms with Crippen molar-refractivity contribution in [2.24, 2.45) is 5.73 Å². The van der Waals surface area contributed by atoms with E-state index in [-0.39, 0.29) is 16.3 Å². The maximum Gasteiger partial charge on any atom is 0.160 e. The van der Waals surface area contributed by atoms with Crippen LogP contribution in [0.3, 0.4) is 0 Å². The molecule has 0 aliphatic heterocycles. The molecule has 0 fully saturated rings. The number of nitrogens with two attached hydrogens (primary N) is 1. The maximum atomic E-state index is 9.51. The molecule has 0 saturated carbocycles. The molecule has 1 rings (SSSR count). The zero-order valence-corrected chi connectivity index (χ0v) is 9.41. The highest BCUT2D eigenvalue weighted by molar-refractivity contribution is 7.80. The summed E-state index contributed by atoms with van der Waals surface area (Å²) < 4.78 is 4.89. The van der Waals surface area contributed by atoms with E-state index in [1.165, 1.54) is 19.3 Å². The number of nitrogens with zero attached hydrogens (tertiary/aromatic N) is 1. The van der Waals surface area contributed by atoms with Crippen molar-refractivity contribution in [3.8, 4) is 17.6 Å². The average Bonchev–Trinajstić information content (AvgIpc) is 2.25. The van der Waals surface area contributed by atoms with E-state index in [4.69, 9.17) is 28.0 Å². The Morgan fingerprint density at radius 3 is 2.75 bits per heavy atom. The van der Waals surface area contributed by atoms with E-state index in [0.29, 0.717) is 11.3 Å². The average molecular weight is 234 g/mol. The molecule has 0 atom stereocenters. The van der Waals surface area contributed by atoms with Crippen LogP contribution in [0.15, 0.2) is 23.8 Å². The number of thiocarbonyl (C=S) groups is 1. The fourth-order valence-corrected chi connectivity index (χ4v) is 1.23. The van der Waals surface area contributed by atoms with Gasteiger partial charge in [0.2, 0.25) is 0 Å². The zero-order valence-electron chi connectivity index (χ0n) is 8.60. The van der Waals surface area contributed by atoms with Crippen molar-refractivity contribution in [2.75, 3.05) is 7.11 Å². The third-order valence-electron chi connectivity index (χ3n) is 1.90. The molecule has 0 saturated heterocycles. The molecular formula is C11H10N2O2S. The Morgan fingerprint density at radius 2 is 2.31 bits per heavy atom. The second-order valence-electron chi connectivity index (χ2n) is 2.97. The summed E-state index contributed by atoms with van der Waals surface area (Å²) in [5.41, 5.74) is 6.16. The normalized spacial score (nSPS) is 10.6. The summed E-state index contributed by atoms with van der Waals surface area (Å²) in [6.07, 6.45) is 1.50. The minimum absolute atomic E-state index is 0.00326. The van der Waals surface area contributed by atoms with Gasteiger partial charge in [0, 0.05) is 0 Å². The topological polar surface area (TPSA) is 79.3 Å². The molecule has 5 heteroatoms. The first-order valence-electron chi connectivity index (χ1n) is 4.37. The van der Waals surface area contributed by atoms with Crippen molar-refractivity contribution in [1.82, 2.24) is 0 Å². The van der Waals surface area contributed by atoms with Crippen LogP contribution in [-0.2, 0) is 0 Å². The highest BCUT2D eigenvalue weighted by atomic mass is 32.1. The quantitative estimate of drug-likeness (QED) is 0.471. The predicted molar refractivity (Wildman–Crippen MR) is 65.0 cm³/mol. The molecule has 0 amide bonds. The van der Waals surface area contributed by atoms with E-state index in [0.717, 1.165) is 0 Å². The summed E-state index contributed by atoms with van der Waals surface area (Å²) in [5.74, 6) is 0.363. The molecule has 16 heavy (non-hydrogen) atoms. The molecule has 0 radical (unpaired) electrons. The van der Waals surface area contributed by atoms with Crippen molar-refractivity contribution in [3.05, 3.63) is 29.3 Å². The first-order chi connectivity index (χ1) is 7.58. The molecular weight excluding hydrogens is 224 g/mol. The van der Waals surface area contributed by atoms with Crippen molar-refractivity contribution in [2.45, 2.75) is 0 Å². The number of ether oxygens (including phenoxy) is 1. The number of hydrogen-bond acceptors (Lipinski definition) is 4. The molecule has 0 aliphatic rings. The van der Waals surface area contributed by atoms with Gasteiger partial charge >= 0.3 is 0 Å². The lowest BCUT2D eigenvalue weighted by Gasteiger charge is -2.03. The monoisotopic (exact) mass is 234 g/mol. The first-order valence-corrected chi connectivity index (χ1v) is 4.78. The summed E-state index contributed by atoms with van der Waals surface area (Å²) in [6, 6.07) is 6.63. The third-order valence-corrected chi connectivity index (χ3v) is 2.12. The van der Waals surface area contributed by atoms with Crippen molar-refractivity contribution >= 4 is 23.3 Å². The van der Waals surface area contributed by atoms with Crippen LogP contribution in [-0.4, -0.2) is 17.2 Å². The van der Waals surface area contributed by atoms with Crippen molar-refractivity contribution in [1.29, 1.82) is 5.26 Å². The van der Waals surface area contributed by atoms with Gasteiger partial charge in [-0.3, -0.25) is 0 Å². The number of phenols is 1. The lowest BCUT2D eigenvalue weighted by Crippen LogP contribution is -2.09. The molecule has 0 spiro atoms. The SMILES string of the molecule is COc1ccc(/C=C(/C#N)C(N)=S)cc1O. The minimum atomic E-state index is -0.00326. The molecule has 0 heterocycles. The van der Waals surface area contributed by atoms with Gasteiger partial charge in [0.15, 0.2) is 11.5 Å². The van der Waals surface area contributed by atoms with E-state index >= 15 is 0 Å². The lowest BCUT2D eigenvalue weighted by atomic mass is 10.1. The summed E-state index contributed by atoms with van der Waals surface area (Å²) in [7, 11) is 1.46.